The monoisotopic (exact) mass is 171 g/mol. The first kappa shape index (κ1) is 6.84. The van der Waals surface area contributed by atoms with Crippen LogP contribution in [0, 0.1) is 5.92 Å². The van der Waals surface area contributed by atoms with Gasteiger partial charge in [0.25, 0.3) is 0 Å². The van der Waals surface area contributed by atoms with Crippen LogP contribution in [-0.4, -0.2) is 28.6 Å². The van der Waals surface area contributed by atoms with E-state index in [1.807, 2.05) is 0 Å². The number of carbonyl (C=O) groups excluding carboxylic acids is 3. The van der Waals surface area contributed by atoms with Gasteiger partial charge in [-0.15, -0.1) is 11.8 Å². The molecule has 0 aromatic carbocycles. The molecule has 2 atom stereocenters. The molecule has 2 fully saturated rings. The van der Waals surface area contributed by atoms with E-state index in [-0.39, 0.29) is 11.7 Å². The quantitative estimate of drug-likeness (QED) is 0.373. The van der Waals surface area contributed by atoms with Crippen LogP contribution in [0.4, 0.5) is 0 Å². The summed E-state index contributed by atoms with van der Waals surface area (Å²) in [4.78, 5) is 32.8. The number of imide groups is 1. The van der Waals surface area contributed by atoms with Gasteiger partial charge < -0.3 is 0 Å². The Balaban J connectivity index is 2.35. The predicted octanol–water partition coefficient (Wildman–Crippen LogP) is -1.06. The maximum absolute atomic E-state index is 11.0. The lowest BCUT2D eigenvalue weighted by molar-refractivity contribution is -0.129. The molecule has 0 aromatic heterocycles. The summed E-state index contributed by atoms with van der Waals surface area (Å²) in [6.45, 7) is 0. The first-order valence-electron chi connectivity index (χ1n) is 3.19. The largest absolute Gasteiger partial charge is 0.298 e. The third-order valence-electron chi connectivity index (χ3n) is 1.84. The molecule has 1 N–H and O–H groups in total. The van der Waals surface area contributed by atoms with Crippen molar-refractivity contribution >= 4 is 29.4 Å². The molecule has 4 nitrogen and oxygen atoms in total. The van der Waals surface area contributed by atoms with Crippen molar-refractivity contribution in [2.24, 2.45) is 5.92 Å². The van der Waals surface area contributed by atoms with Crippen molar-refractivity contribution in [3.63, 3.8) is 0 Å². The molecule has 2 rings (SSSR count). The Morgan fingerprint density at radius 3 is 2.64 bits per heavy atom. The van der Waals surface area contributed by atoms with Crippen molar-refractivity contribution in [1.82, 2.24) is 5.32 Å². The topological polar surface area (TPSA) is 63.2 Å². The molecule has 5 heteroatoms. The number of amides is 2. The van der Waals surface area contributed by atoms with Gasteiger partial charge in [-0.3, -0.25) is 19.7 Å². The van der Waals surface area contributed by atoms with E-state index < -0.39 is 17.1 Å². The SMILES string of the molecule is O=C1NC(=O)C2C(=O)CSC12. The van der Waals surface area contributed by atoms with Gasteiger partial charge in [-0.25, -0.2) is 0 Å². The number of nitrogens with one attached hydrogen (secondary N) is 1. The average molecular weight is 171 g/mol. The number of hydrogen-bond acceptors (Lipinski definition) is 4. The lowest BCUT2D eigenvalue weighted by Gasteiger charge is -1.96. The minimum Gasteiger partial charge on any atom is -0.298 e. The van der Waals surface area contributed by atoms with Crippen molar-refractivity contribution in [2.45, 2.75) is 5.25 Å². The van der Waals surface area contributed by atoms with Crippen molar-refractivity contribution in [2.75, 3.05) is 5.75 Å². The normalized spacial score (nSPS) is 35.8. The van der Waals surface area contributed by atoms with E-state index in [0.717, 1.165) is 0 Å². The molecule has 0 saturated carbocycles. The Kier molecular flexibility index (Phi) is 1.29. The Labute approximate surface area is 66.7 Å². The molecule has 0 bridgehead atoms. The Bertz CT molecular complexity index is 261. The second-order valence-corrected chi connectivity index (χ2v) is 3.66. The van der Waals surface area contributed by atoms with Crippen molar-refractivity contribution in [3.8, 4) is 0 Å². The minimum absolute atomic E-state index is 0.122. The average Bonchev–Trinajstić information content (AvgIpc) is 2.41. The molecule has 0 radical (unpaired) electrons. The summed E-state index contributed by atoms with van der Waals surface area (Å²) in [7, 11) is 0. The third kappa shape index (κ3) is 0.805. The minimum atomic E-state index is -0.688. The Morgan fingerprint density at radius 1 is 1.27 bits per heavy atom. The van der Waals surface area contributed by atoms with Crippen molar-refractivity contribution < 1.29 is 14.4 Å². The van der Waals surface area contributed by atoms with E-state index in [1.165, 1.54) is 11.8 Å². The molecule has 2 unspecified atom stereocenters. The van der Waals surface area contributed by atoms with Crippen LogP contribution in [0.5, 0.6) is 0 Å². The van der Waals surface area contributed by atoms with E-state index in [9.17, 15) is 14.4 Å². The van der Waals surface area contributed by atoms with Gasteiger partial charge in [0.2, 0.25) is 11.8 Å². The fraction of sp³-hybridized carbons (Fsp3) is 0.500. The number of rotatable bonds is 0. The van der Waals surface area contributed by atoms with Gasteiger partial charge in [0.1, 0.15) is 11.2 Å². The number of fused-ring (bicyclic) bond motifs is 1. The van der Waals surface area contributed by atoms with E-state index in [1.54, 1.807) is 0 Å². The first-order valence-corrected chi connectivity index (χ1v) is 4.24. The second kappa shape index (κ2) is 2.07. The number of Topliss-reactive ketones (excluding diaryl/α,β-unsaturated/α-hetero) is 1. The summed E-state index contributed by atoms with van der Waals surface area (Å²) in [5.74, 6) is -1.24. The van der Waals surface area contributed by atoms with Crippen LogP contribution in [0.25, 0.3) is 0 Å². The van der Waals surface area contributed by atoms with Gasteiger partial charge >= 0.3 is 0 Å². The molecule has 0 spiro atoms. The number of carbonyl (C=O) groups is 3. The van der Waals surface area contributed by atoms with E-state index in [4.69, 9.17) is 0 Å². The predicted molar refractivity (Wildman–Crippen MR) is 37.9 cm³/mol. The zero-order valence-electron chi connectivity index (χ0n) is 5.49. The molecule has 2 amide bonds. The van der Waals surface area contributed by atoms with Gasteiger partial charge in [-0.05, 0) is 0 Å². The summed E-state index contributed by atoms with van der Waals surface area (Å²) < 4.78 is 0. The molecular formula is C6H5NO3S. The highest BCUT2D eigenvalue weighted by molar-refractivity contribution is 8.01. The molecule has 2 aliphatic rings. The van der Waals surface area contributed by atoms with E-state index in [0.29, 0.717) is 5.75 Å². The van der Waals surface area contributed by atoms with Crippen LogP contribution in [0.1, 0.15) is 0 Å². The second-order valence-electron chi connectivity index (χ2n) is 2.53. The summed E-state index contributed by atoms with van der Waals surface area (Å²) in [6, 6.07) is 0. The molecule has 2 saturated heterocycles. The molecule has 0 aromatic rings. The summed E-state index contributed by atoms with van der Waals surface area (Å²) in [6.07, 6.45) is 0. The highest BCUT2D eigenvalue weighted by atomic mass is 32.2. The van der Waals surface area contributed by atoms with Crippen molar-refractivity contribution in [3.05, 3.63) is 0 Å². The number of hydrogen-bond donors (Lipinski definition) is 1. The van der Waals surface area contributed by atoms with E-state index in [2.05, 4.69) is 5.32 Å². The zero-order chi connectivity index (χ0) is 8.01. The fourth-order valence-electron chi connectivity index (χ4n) is 1.31. The zero-order valence-corrected chi connectivity index (χ0v) is 6.31. The third-order valence-corrected chi connectivity index (χ3v) is 3.14. The van der Waals surface area contributed by atoms with Gasteiger partial charge in [0.05, 0.1) is 5.75 Å². The summed E-state index contributed by atoms with van der Waals surface area (Å²) >= 11 is 1.25. The molecule has 2 aliphatic heterocycles. The van der Waals surface area contributed by atoms with Crippen LogP contribution < -0.4 is 5.32 Å². The number of thioether (sulfide) groups is 1. The molecule has 11 heavy (non-hydrogen) atoms. The Morgan fingerprint density at radius 2 is 2.00 bits per heavy atom. The highest BCUT2D eigenvalue weighted by Gasteiger charge is 2.50. The maximum Gasteiger partial charge on any atom is 0.240 e. The van der Waals surface area contributed by atoms with Crippen LogP contribution in [0.2, 0.25) is 0 Å². The Hall–Kier alpha value is -0.840. The molecular weight excluding hydrogens is 166 g/mol. The maximum atomic E-state index is 11.0. The van der Waals surface area contributed by atoms with Gasteiger partial charge in [-0.2, -0.15) is 0 Å². The van der Waals surface area contributed by atoms with Gasteiger partial charge in [-0.1, -0.05) is 0 Å². The van der Waals surface area contributed by atoms with Crippen LogP contribution in [-0.2, 0) is 14.4 Å². The fourth-order valence-corrected chi connectivity index (χ4v) is 2.51. The van der Waals surface area contributed by atoms with E-state index >= 15 is 0 Å². The standard InChI is InChI=1S/C6H5NO3S/c8-2-1-11-4-3(2)5(9)7-6(4)10/h3-4H,1H2,(H,7,9,10). The van der Waals surface area contributed by atoms with Gasteiger partial charge in [0, 0.05) is 0 Å². The smallest absolute Gasteiger partial charge is 0.240 e. The highest BCUT2D eigenvalue weighted by Crippen LogP contribution is 2.33. The summed E-state index contributed by atoms with van der Waals surface area (Å²) in [5, 5.41) is 1.69. The van der Waals surface area contributed by atoms with Gasteiger partial charge in [0.15, 0.2) is 5.78 Å². The van der Waals surface area contributed by atoms with Crippen LogP contribution in [0.15, 0.2) is 0 Å². The summed E-state index contributed by atoms with van der Waals surface area (Å²) in [5.41, 5.74) is 0. The molecule has 58 valence electrons. The first-order chi connectivity index (χ1) is 5.20. The molecule has 0 aliphatic carbocycles. The van der Waals surface area contributed by atoms with Crippen LogP contribution >= 0.6 is 11.8 Å². The van der Waals surface area contributed by atoms with Crippen molar-refractivity contribution in [1.29, 1.82) is 0 Å². The lowest BCUT2D eigenvalue weighted by Crippen LogP contribution is -2.26. The lowest BCUT2D eigenvalue weighted by atomic mass is 10.0. The van der Waals surface area contributed by atoms with Crippen LogP contribution in [0.3, 0.4) is 0 Å². The molecule has 2 heterocycles. The number of ketones is 1.